The fraction of sp³-hybridized carbons (Fsp3) is 0.944. The molecular weight excluding hydrogens is 288 g/mol. The summed E-state index contributed by atoms with van der Waals surface area (Å²) in [5.41, 5.74) is 0. The van der Waals surface area contributed by atoms with Crippen LogP contribution in [0.4, 0.5) is 0 Å². The Morgan fingerprint density at radius 1 is 1.22 bits per heavy atom. The van der Waals surface area contributed by atoms with Gasteiger partial charge in [-0.05, 0) is 44.6 Å². The molecule has 0 aliphatic carbocycles. The predicted molar refractivity (Wildman–Crippen MR) is 94.8 cm³/mol. The Morgan fingerprint density at radius 2 is 2.00 bits per heavy atom. The molecule has 3 heterocycles. The molecule has 3 fully saturated rings. The van der Waals surface area contributed by atoms with E-state index in [1.165, 1.54) is 25.8 Å². The van der Waals surface area contributed by atoms with Crippen molar-refractivity contribution in [2.75, 3.05) is 45.9 Å². The molecule has 0 aromatic heterocycles. The second-order valence-corrected chi connectivity index (χ2v) is 7.79. The highest BCUT2D eigenvalue weighted by Gasteiger charge is 2.32. The van der Waals surface area contributed by atoms with Crippen LogP contribution in [0.3, 0.4) is 0 Å². The lowest BCUT2D eigenvalue weighted by molar-refractivity contribution is -0.0433. The molecule has 3 aliphatic heterocycles. The minimum atomic E-state index is 0.262. The fourth-order valence-electron chi connectivity index (χ4n) is 4.45. The van der Waals surface area contributed by atoms with Gasteiger partial charge in [-0.1, -0.05) is 13.8 Å². The number of fused-ring (bicyclic) bond motifs is 1. The molecule has 132 valence electrons. The fourth-order valence-corrected chi connectivity index (χ4v) is 4.45. The Labute approximate surface area is 141 Å². The van der Waals surface area contributed by atoms with Crippen molar-refractivity contribution in [3.8, 4) is 0 Å². The van der Waals surface area contributed by atoms with Crippen molar-refractivity contribution in [3.05, 3.63) is 0 Å². The topological polar surface area (TPSA) is 40.1 Å². The summed E-state index contributed by atoms with van der Waals surface area (Å²) < 4.78 is 6.05. The average Bonchev–Trinajstić information content (AvgIpc) is 2.98. The Bertz CT molecular complexity index is 404. The molecule has 0 bridgehead atoms. The number of hydrogen-bond donors (Lipinski definition) is 1. The maximum atomic E-state index is 6.05. The summed E-state index contributed by atoms with van der Waals surface area (Å²) in [4.78, 5) is 9.97. The third kappa shape index (κ3) is 4.38. The first kappa shape index (κ1) is 17.0. The molecule has 0 aromatic rings. The lowest BCUT2D eigenvalue weighted by Crippen LogP contribution is -2.50. The summed E-state index contributed by atoms with van der Waals surface area (Å²) in [5, 5.41) is 3.49. The lowest BCUT2D eigenvalue weighted by atomic mass is 9.92. The standard InChI is InChI=1S/C18H34N4O/c1-4-19-18(22-10-14(2)8-15(3)11-22)20-9-17-12-21-7-5-6-16(21)13-23-17/h14-17H,4-13H2,1-3H3,(H,19,20). The molecule has 0 saturated carbocycles. The quantitative estimate of drug-likeness (QED) is 0.635. The third-order valence-corrected chi connectivity index (χ3v) is 5.41. The van der Waals surface area contributed by atoms with Gasteiger partial charge in [0.1, 0.15) is 0 Å². The molecule has 23 heavy (non-hydrogen) atoms. The first-order valence-electron chi connectivity index (χ1n) is 9.54. The number of piperidine rings is 1. The minimum absolute atomic E-state index is 0.262. The van der Waals surface area contributed by atoms with Gasteiger partial charge in [-0.15, -0.1) is 0 Å². The molecule has 4 unspecified atom stereocenters. The molecule has 1 N–H and O–H groups in total. The third-order valence-electron chi connectivity index (χ3n) is 5.41. The maximum absolute atomic E-state index is 6.05. The van der Waals surface area contributed by atoms with Gasteiger partial charge in [-0.25, -0.2) is 0 Å². The molecule has 0 amide bonds. The molecule has 4 atom stereocenters. The van der Waals surface area contributed by atoms with Crippen LogP contribution in [0.2, 0.25) is 0 Å². The number of nitrogens with zero attached hydrogens (tertiary/aromatic N) is 3. The highest BCUT2D eigenvalue weighted by molar-refractivity contribution is 5.80. The largest absolute Gasteiger partial charge is 0.373 e. The number of likely N-dealkylation sites (tertiary alicyclic amines) is 1. The molecule has 0 aromatic carbocycles. The van der Waals surface area contributed by atoms with Crippen molar-refractivity contribution in [1.82, 2.24) is 15.1 Å². The summed E-state index contributed by atoms with van der Waals surface area (Å²) in [6.45, 7) is 14.0. The van der Waals surface area contributed by atoms with Gasteiger partial charge >= 0.3 is 0 Å². The van der Waals surface area contributed by atoms with E-state index < -0.39 is 0 Å². The molecule has 0 radical (unpaired) electrons. The maximum Gasteiger partial charge on any atom is 0.194 e. The van der Waals surface area contributed by atoms with Crippen LogP contribution in [0, 0.1) is 11.8 Å². The number of hydrogen-bond acceptors (Lipinski definition) is 3. The van der Waals surface area contributed by atoms with Crippen LogP contribution in [0.25, 0.3) is 0 Å². The zero-order valence-electron chi connectivity index (χ0n) is 15.1. The molecular formula is C18H34N4O. The predicted octanol–water partition coefficient (Wildman–Crippen LogP) is 1.79. The highest BCUT2D eigenvalue weighted by atomic mass is 16.5. The van der Waals surface area contributed by atoms with Gasteiger partial charge in [0.25, 0.3) is 0 Å². The lowest BCUT2D eigenvalue weighted by Gasteiger charge is -2.38. The monoisotopic (exact) mass is 322 g/mol. The molecule has 5 nitrogen and oxygen atoms in total. The van der Waals surface area contributed by atoms with E-state index in [9.17, 15) is 0 Å². The van der Waals surface area contributed by atoms with Crippen LogP contribution in [-0.2, 0) is 4.74 Å². The number of rotatable bonds is 3. The first-order chi connectivity index (χ1) is 11.2. The van der Waals surface area contributed by atoms with Gasteiger partial charge in [0.15, 0.2) is 5.96 Å². The van der Waals surface area contributed by atoms with Gasteiger partial charge < -0.3 is 15.0 Å². The minimum Gasteiger partial charge on any atom is -0.373 e. The van der Waals surface area contributed by atoms with Gasteiger partial charge in [-0.2, -0.15) is 0 Å². The van der Waals surface area contributed by atoms with Crippen molar-refractivity contribution >= 4 is 5.96 Å². The van der Waals surface area contributed by atoms with Crippen LogP contribution in [0.5, 0.6) is 0 Å². The van der Waals surface area contributed by atoms with Crippen LogP contribution in [-0.4, -0.2) is 73.8 Å². The number of guanidine groups is 1. The van der Waals surface area contributed by atoms with Gasteiger partial charge in [-0.3, -0.25) is 9.89 Å². The van der Waals surface area contributed by atoms with Gasteiger partial charge in [0, 0.05) is 32.2 Å². The highest BCUT2D eigenvalue weighted by Crippen LogP contribution is 2.23. The molecule has 0 spiro atoms. The van der Waals surface area contributed by atoms with E-state index in [4.69, 9.17) is 9.73 Å². The smallest absolute Gasteiger partial charge is 0.194 e. The van der Waals surface area contributed by atoms with Crippen LogP contribution in [0.15, 0.2) is 4.99 Å². The Morgan fingerprint density at radius 3 is 2.74 bits per heavy atom. The number of nitrogens with one attached hydrogen (secondary N) is 1. The van der Waals surface area contributed by atoms with E-state index in [1.54, 1.807) is 0 Å². The van der Waals surface area contributed by atoms with E-state index >= 15 is 0 Å². The van der Waals surface area contributed by atoms with E-state index in [-0.39, 0.29) is 6.10 Å². The molecule has 3 rings (SSSR count). The SMILES string of the molecule is CCNC(=NCC1CN2CCCC2CO1)N1CC(C)CC(C)C1. The van der Waals surface area contributed by atoms with Crippen molar-refractivity contribution in [1.29, 1.82) is 0 Å². The summed E-state index contributed by atoms with van der Waals surface area (Å²) >= 11 is 0. The summed E-state index contributed by atoms with van der Waals surface area (Å²) in [6.07, 6.45) is 4.23. The number of morpholine rings is 1. The van der Waals surface area contributed by atoms with E-state index in [1.807, 2.05) is 0 Å². The summed E-state index contributed by atoms with van der Waals surface area (Å²) in [6, 6.07) is 0.673. The van der Waals surface area contributed by atoms with Gasteiger partial charge in [0.05, 0.1) is 19.3 Å². The van der Waals surface area contributed by atoms with E-state index in [0.29, 0.717) is 6.04 Å². The van der Waals surface area contributed by atoms with Crippen molar-refractivity contribution < 1.29 is 4.74 Å². The van der Waals surface area contributed by atoms with E-state index in [2.05, 4.69) is 35.9 Å². The van der Waals surface area contributed by atoms with Crippen LogP contribution in [0.1, 0.15) is 40.0 Å². The molecule has 5 heteroatoms. The number of ether oxygens (including phenoxy) is 1. The normalized spacial score (nSPS) is 36.1. The first-order valence-corrected chi connectivity index (χ1v) is 9.54. The van der Waals surface area contributed by atoms with Crippen molar-refractivity contribution in [2.24, 2.45) is 16.8 Å². The Hall–Kier alpha value is -0.810. The average molecular weight is 322 g/mol. The van der Waals surface area contributed by atoms with Crippen molar-refractivity contribution in [3.63, 3.8) is 0 Å². The van der Waals surface area contributed by atoms with Crippen LogP contribution >= 0.6 is 0 Å². The zero-order valence-corrected chi connectivity index (χ0v) is 15.1. The van der Waals surface area contributed by atoms with E-state index in [0.717, 1.165) is 57.1 Å². The van der Waals surface area contributed by atoms with Crippen LogP contribution < -0.4 is 5.32 Å². The zero-order chi connectivity index (χ0) is 16.2. The number of aliphatic imine (C=N–C) groups is 1. The second kappa shape index (κ2) is 7.84. The summed E-state index contributed by atoms with van der Waals surface area (Å²) in [7, 11) is 0. The summed E-state index contributed by atoms with van der Waals surface area (Å²) in [5.74, 6) is 2.58. The molecule has 3 saturated heterocycles. The van der Waals surface area contributed by atoms with Gasteiger partial charge in [0.2, 0.25) is 0 Å². The Balaban J connectivity index is 1.58. The molecule has 3 aliphatic rings. The Kier molecular flexibility index (Phi) is 5.81. The van der Waals surface area contributed by atoms with Crippen molar-refractivity contribution in [2.45, 2.75) is 52.2 Å². The second-order valence-electron chi connectivity index (χ2n) is 7.79.